The van der Waals surface area contributed by atoms with E-state index in [-0.39, 0.29) is 30.4 Å². The fraction of sp³-hybridized carbons (Fsp3) is 0.526. The van der Waals surface area contributed by atoms with Gasteiger partial charge in [0.15, 0.2) is 0 Å². The number of benzene rings is 1. The Morgan fingerprint density at radius 3 is 2.50 bits per heavy atom. The first-order valence-electron chi connectivity index (χ1n) is 8.95. The van der Waals surface area contributed by atoms with Gasteiger partial charge >= 0.3 is 12.6 Å². The molecule has 0 radical (unpaired) electrons. The molecule has 1 aromatic carbocycles. The summed E-state index contributed by atoms with van der Waals surface area (Å²) in [5, 5.41) is 11.6. The largest absolute Gasteiger partial charge is 0.481 e. The SMILES string of the molecule is CC(C)(CC(=O)O)CC(=O)NC1CCCN(c2ccc(OC(F)F)cc2)C1=O. The normalized spacial score (nSPS) is 17.5. The summed E-state index contributed by atoms with van der Waals surface area (Å²) in [6.07, 6.45) is 0.971. The van der Waals surface area contributed by atoms with Crippen LogP contribution in [0.2, 0.25) is 0 Å². The van der Waals surface area contributed by atoms with Gasteiger partial charge in [-0.1, -0.05) is 13.8 Å². The summed E-state index contributed by atoms with van der Waals surface area (Å²) in [5.41, 5.74) is -0.204. The number of nitrogens with one attached hydrogen (secondary N) is 1. The smallest absolute Gasteiger partial charge is 0.387 e. The number of halogens is 2. The van der Waals surface area contributed by atoms with Crippen molar-refractivity contribution >= 4 is 23.5 Å². The Morgan fingerprint density at radius 2 is 1.93 bits per heavy atom. The Labute approximate surface area is 161 Å². The van der Waals surface area contributed by atoms with Crippen LogP contribution in [-0.4, -0.2) is 42.1 Å². The van der Waals surface area contributed by atoms with E-state index < -0.39 is 24.0 Å². The highest BCUT2D eigenvalue weighted by Gasteiger charge is 2.32. The van der Waals surface area contributed by atoms with Crippen molar-refractivity contribution in [2.24, 2.45) is 5.41 Å². The van der Waals surface area contributed by atoms with Crippen molar-refractivity contribution in [1.29, 1.82) is 0 Å². The lowest BCUT2D eigenvalue weighted by molar-refractivity contribution is -0.140. The first-order chi connectivity index (χ1) is 13.1. The summed E-state index contributed by atoms with van der Waals surface area (Å²) >= 11 is 0. The minimum Gasteiger partial charge on any atom is -0.481 e. The van der Waals surface area contributed by atoms with E-state index in [1.165, 1.54) is 29.2 Å². The minimum atomic E-state index is -2.92. The van der Waals surface area contributed by atoms with Gasteiger partial charge in [0.1, 0.15) is 11.8 Å². The number of carbonyl (C=O) groups is 3. The summed E-state index contributed by atoms with van der Waals surface area (Å²) in [5.74, 6) is -1.67. The molecule has 154 valence electrons. The third-order valence-electron chi connectivity index (χ3n) is 4.42. The molecule has 28 heavy (non-hydrogen) atoms. The van der Waals surface area contributed by atoms with Crippen LogP contribution in [0.5, 0.6) is 5.75 Å². The molecule has 1 atom stereocenters. The van der Waals surface area contributed by atoms with Gasteiger partial charge in [0, 0.05) is 18.7 Å². The number of hydrogen-bond donors (Lipinski definition) is 2. The van der Waals surface area contributed by atoms with E-state index in [4.69, 9.17) is 5.11 Å². The Hall–Kier alpha value is -2.71. The van der Waals surface area contributed by atoms with Crippen molar-refractivity contribution in [3.63, 3.8) is 0 Å². The molecule has 0 aliphatic carbocycles. The lowest BCUT2D eigenvalue weighted by Crippen LogP contribution is -2.53. The van der Waals surface area contributed by atoms with Gasteiger partial charge in [-0.05, 0) is 42.5 Å². The Balaban J connectivity index is 1.99. The second kappa shape index (κ2) is 8.99. The Bertz CT molecular complexity index is 722. The zero-order valence-electron chi connectivity index (χ0n) is 15.8. The van der Waals surface area contributed by atoms with Crippen molar-refractivity contribution in [3.8, 4) is 5.75 Å². The molecule has 0 aromatic heterocycles. The molecular formula is C19H24F2N2O5. The molecule has 1 aliphatic heterocycles. The third kappa shape index (κ3) is 6.17. The third-order valence-corrected chi connectivity index (χ3v) is 4.42. The van der Waals surface area contributed by atoms with Crippen LogP contribution in [0.25, 0.3) is 0 Å². The average molecular weight is 398 g/mol. The first-order valence-corrected chi connectivity index (χ1v) is 8.95. The van der Waals surface area contributed by atoms with Gasteiger partial charge in [0.2, 0.25) is 11.8 Å². The maximum absolute atomic E-state index is 12.7. The number of anilines is 1. The molecule has 2 rings (SSSR count). The van der Waals surface area contributed by atoms with Crippen molar-refractivity contribution in [3.05, 3.63) is 24.3 Å². The zero-order valence-corrected chi connectivity index (χ0v) is 15.8. The van der Waals surface area contributed by atoms with E-state index in [0.29, 0.717) is 25.1 Å². The summed E-state index contributed by atoms with van der Waals surface area (Å²) in [6, 6.07) is 5.02. The first kappa shape index (κ1) is 21.6. The van der Waals surface area contributed by atoms with Gasteiger partial charge in [-0.15, -0.1) is 0 Å². The van der Waals surface area contributed by atoms with E-state index in [2.05, 4.69) is 10.1 Å². The standard InChI is InChI=1S/C19H24F2N2O5/c1-19(2,11-16(25)26)10-15(24)22-14-4-3-9-23(17(14)27)12-5-7-13(8-6-12)28-18(20)21/h5-8,14,18H,3-4,9-11H2,1-2H3,(H,22,24)(H,25,26). The monoisotopic (exact) mass is 398 g/mol. The highest BCUT2D eigenvalue weighted by atomic mass is 19.3. The van der Waals surface area contributed by atoms with Crippen molar-refractivity contribution < 1.29 is 33.0 Å². The molecule has 9 heteroatoms. The molecule has 1 saturated heterocycles. The van der Waals surface area contributed by atoms with Gasteiger partial charge in [0.25, 0.3) is 0 Å². The summed E-state index contributed by atoms with van der Waals surface area (Å²) in [4.78, 5) is 37.4. The molecule has 2 N–H and O–H groups in total. The van der Waals surface area contributed by atoms with Crippen LogP contribution in [0.15, 0.2) is 24.3 Å². The number of carboxylic acid groups (broad SMARTS) is 1. The number of rotatable bonds is 8. The van der Waals surface area contributed by atoms with Crippen LogP contribution >= 0.6 is 0 Å². The molecule has 0 spiro atoms. The number of piperidine rings is 1. The topological polar surface area (TPSA) is 95.9 Å². The predicted octanol–water partition coefficient (Wildman–Crippen LogP) is 2.79. The van der Waals surface area contributed by atoms with Crippen LogP contribution in [0, 0.1) is 5.41 Å². The molecule has 1 unspecified atom stereocenters. The molecule has 1 fully saturated rings. The van der Waals surface area contributed by atoms with E-state index in [0.717, 1.165) is 0 Å². The van der Waals surface area contributed by atoms with E-state index in [9.17, 15) is 23.2 Å². The molecular weight excluding hydrogens is 374 g/mol. The highest BCUT2D eigenvalue weighted by Crippen LogP contribution is 2.27. The van der Waals surface area contributed by atoms with Gasteiger partial charge in [-0.2, -0.15) is 8.78 Å². The summed E-state index contributed by atoms with van der Waals surface area (Å²) < 4.78 is 28.8. The van der Waals surface area contributed by atoms with Crippen LogP contribution in [0.4, 0.5) is 14.5 Å². The number of aliphatic carboxylic acids is 1. The number of carbonyl (C=O) groups excluding carboxylic acids is 2. The molecule has 1 aliphatic rings. The number of carboxylic acids is 1. The second-order valence-electron chi connectivity index (χ2n) is 7.54. The number of hydrogen-bond acceptors (Lipinski definition) is 4. The average Bonchev–Trinajstić information content (AvgIpc) is 2.55. The molecule has 1 aromatic rings. The number of alkyl halides is 2. The van der Waals surface area contributed by atoms with Crippen LogP contribution in [-0.2, 0) is 14.4 Å². The molecule has 0 bridgehead atoms. The lowest BCUT2D eigenvalue weighted by atomic mass is 9.85. The van der Waals surface area contributed by atoms with E-state index >= 15 is 0 Å². The van der Waals surface area contributed by atoms with E-state index in [1.807, 2.05) is 0 Å². The molecule has 7 nitrogen and oxygen atoms in total. The van der Waals surface area contributed by atoms with Gasteiger partial charge < -0.3 is 20.1 Å². The van der Waals surface area contributed by atoms with Crippen molar-refractivity contribution in [2.45, 2.75) is 52.2 Å². The van der Waals surface area contributed by atoms with Crippen molar-refractivity contribution in [1.82, 2.24) is 5.32 Å². The summed E-state index contributed by atoms with van der Waals surface area (Å²) in [6.45, 7) is 0.884. The predicted molar refractivity (Wildman–Crippen MR) is 97.2 cm³/mol. The highest BCUT2D eigenvalue weighted by molar-refractivity contribution is 6.00. The van der Waals surface area contributed by atoms with Crippen molar-refractivity contribution in [2.75, 3.05) is 11.4 Å². The Kier molecular flexibility index (Phi) is 6.93. The lowest BCUT2D eigenvalue weighted by Gasteiger charge is -2.33. The van der Waals surface area contributed by atoms with Gasteiger partial charge in [0.05, 0.1) is 6.42 Å². The number of nitrogens with zero attached hydrogens (tertiary/aromatic N) is 1. The van der Waals surface area contributed by atoms with Crippen LogP contribution < -0.4 is 15.0 Å². The molecule has 1 heterocycles. The maximum atomic E-state index is 12.7. The zero-order chi connectivity index (χ0) is 20.9. The summed E-state index contributed by atoms with van der Waals surface area (Å²) in [7, 11) is 0. The second-order valence-corrected chi connectivity index (χ2v) is 7.54. The van der Waals surface area contributed by atoms with Gasteiger partial charge in [-0.3, -0.25) is 14.4 Å². The van der Waals surface area contributed by atoms with Crippen LogP contribution in [0.1, 0.15) is 39.5 Å². The fourth-order valence-electron chi connectivity index (χ4n) is 3.22. The van der Waals surface area contributed by atoms with Crippen LogP contribution in [0.3, 0.4) is 0 Å². The quantitative estimate of drug-likeness (QED) is 0.702. The maximum Gasteiger partial charge on any atom is 0.387 e. The number of ether oxygens (including phenoxy) is 1. The molecule has 2 amide bonds. The van der Waals surface area contributed by atoms with E-state index in [1.54, 1.807) is 13.8 Å². The fourth-order valence-corrected chi connectivity index (χ4v) is 3.22. The number of amides is 2. The Morgan fingerprint density at radius 1 is 1.29 bits per heavy atom. The molecule has 0 saturated carbocycles. The minimum absolute atomic E-state index is 0.00581. The van der Waals surface area contributed by atoms with Gasteiger partial charge in [-0.25, -0.2) is 0 Å².